The third kappa shape index (κ3) is 3.84. The Bertz CT molecular complexity index is 624. The molecule has 1 nitrogen and oxygen atoms in total. The number of thiophene rings is 1. The van der Waals surface area contributed by atoms with Gasteiger partial charge in [-0.1, -0.05) is 13.0 Å². The molecule has 114 valence electrons. The standard InChI is InChI=1S/C14H12BrF4NS/c1-2-20-13(9-6-12(15)21-7-9)8-3-4-10(11(16)5-8)14(17,18)19/h3-7,13,20H,2H2,1H3. The minimum absolute atomic E-state index is 0.339. The number of rotatable bonds is 4. The minimum atomic E-state index is -4.68. The lowest BCUT2D eigenvalue weighted by molar-refractivity contribution is -0.140. The zero-order valence-electron chi connectivity index (χ0n) is 11.0. The molecule has 0 saturated carbocycles. The lowest BCUT2D eigenvalue weighted by Crippen LogP contribution is -2.22. The second kappa shape index (κ2) is 6.46. The molecule has 1 aromatic carbocycles. The summed E-state index contributed by atoms with van der Waals surface area (Å²) in [6, 6.07) is 4.57. The van der Waals surface area contributed by atoms with Crippen molar-refractivity contribution in [1.29, 1.82) is 0 Å². The fourth-order valence-corrected chi connectivity index (χ4v) is 3.25. The van der Waals surface area contributed by atoms with E-state index in [1.807, 2.05) is 18.4 Å². The van der Waals surface area contributed by atoms with E-state index in [-0.39, 0.29) is 6.04 Å². The number of nitrogens with one attached hydrogen (secondary N) is 1. The van der Waals surface area contributed by atoms with Crippen LogP contribution >= 0.6 is 27.3 Å². The van der Waals surface area contributed by atoms with Gasteiger partial charge in [0.05, 0.1) is 15.4 Å². The SMILES string of the molecule is CCNC(c1csc(Br)c1)c1ccc(C(F)(F)F)c(F)c1. The summed E-state index contributed by atoms with van der Waals surface area (Å²) in [5.74, 6) is -1.25. The van der Waals surface area contributed by atoms with E-state index in [2.05, 4.69) is 21.2 Å². The molecule has 0 amide bonds. The average Bonchev–Trinajstić information content (AvgIpc) is 2.80. The van der Waals surface area contributed by atoms with Crippen LogP contribution in [0.25, 0.3) is 0 Å². The van der Waals surface area contributed by atoms with Crippen molar-refractivity contribution in [2.24, 2.45) is 0 Å². The van der Waals surface area contributed by atoms with Gasteiger partial charge in [-0.05, 0) is 57.2 Å². The molecule has 2 aromatic rings. The van der Waals surface area contributed by atoms with Crippen molar-refractivity contribution >= 4 is 27.3 Å². The summed E-state index contributed by atoms with van der Waals surface area (Å²) in [7, 11) is 0. The maximum absolute atomic E-state index is 13.7. The number of hydrogen-bond acceptors (Lipinski definition) is 2. The van der Waals surface area contributed by atoms with Gasteiger partial charge in [0.1, 0.15) is 5.82 Å². The maximum Gasteiger partial charge on any atom is 0.419 e. The Morgan fingerprint density at radius 3 is 2.43 bits per heavy atom. The molecule has 2 rings (SSSR count). The van der Waals surface area contributed by atoms with Crippen LogP contribution in [0, 0.1) is 5.82 Å². The summed E-state index contributed by atoms with van der Waals surface area (Å²) in [5, 5.41) is 5.03. The topological polar surface area (TPSA) is 12.0 Å². The highest BCUT2D eigenvalue weighted by atomic mass is 79.9. The summed E-state index contributed by atoms with van der Waals surface area (Å²) in [5.41, 5.74) is 0.105. The third-order valence-corrected chi connectivity index (χ3v) is 4.48. The van der Waals surface area contributed by atoms with Crippen LogP contribution in [0.1, 0.15) is 29.7 Å². The Morgan fingerprint density at radius 1 is 1.24 bits per heavy atom. The van der Waals surface area contributed by atoms with E-state index in [0.717, 1.165) is 21.5 Å². The highest BCUT2D eigenvalue weighted by Crippen LogP contribution is 2.34. The summed E-state index contributed by atoms with van der Waals surface area (Å²) in [6.45, 7) is 2.50. The lowest BCUT2D eigenvalue weighted by Gasteiger charge is -2.18. The van der Waals surface area contributed by atoms with Crippen molar-refractivity contribution in [3.8, 4) is 0 Å². The summed E-state index contributed by atoms with van der Waals surface area (Å²) >= 11 is 4.81. The van der Waals surface area contributed by atoms with Gasteiger partial charge in [0.25, 0.3) is 0 Å². The zero-order chi connectivity index (χ0) is 15.6. The molecule has 1 heterocycles. The van der Waals surface area contributed by atoms with Crippen LogP contribution in [-0.4, -0.2) is 6.54 Å². The van der Waals surface area contributed by atoms with Gasteiger partial charge in [0.15, 0.2) is 0 Å². The first-order chi connectivity index (χ1) is 9.82. The van der Waals surface area contributed by atoms with Crippen molar-refractivity contribution in [3.63, 3.8) is 0 Å². The van der Waals surface area contributed by atoms with Crippen molar-refractivity contribution in [3.05, 3.63) is 55.9 Å². The lowest BCUT2D eigenvalue weighted by atomic mass is 9.99. The molecule has 0 aliphatic rings. The first-order valence-electron chi connectivity index (χ1n) is 6.17. The fraction of sp³-hybridized carbons (Fsp3) is 0.286. The zero-order valence-corrected chi connectivity index (χ0v) is 13.4. The predicted molar refractivity (Wildman–Crippen MR) is 78.9 cm³/mol. The van der Waals surface area contributed by atoms with Crippen LogP contribution in [0.15, 0.2) is 33.4 Å². The number of alkyl halides is 3. The van der Waals surface area contributed by atoms with Gasteiger partial charge in [-0.3, -0.25) is 0 Å². The van der Waals surface area contributed by atoms with Gasteiger partial charge >= 0.3 is 6.18 Å². The van der Waals surface area contributed by atoms with E-state index >= 15 is 0 Å². The molecule has 1 atom stereocenters. The van der Waals surface area contributed by atoms with Crippen LogP contribution in [0.5, 0.6) is 0 Å². The van der Waals surface area contributed by atoms with Gasteiger partial charge < -0.3 is 5.32 Å². The number of hydrogen-bond donors (Lipinski definition) is 1. The molecule has 1 N–H and O–H groups in total. The molecule has 1 aromatic heterocycles. The Morgan fingerprint density at radius 2 is 1.95 bits per heavy atom. The molecular formula is C14H12BrF4NS. The second-order valence-corrected chi connectivity index (χ2v) is 6.70. The third-order valence-electron chi connectivity index (χ3n) is 2.96. The maximum atomic E-state index is 13.7. The fourth-order valence-electron chi connectivity index (χ4n) is 2.05. The molecule has 0 radical (unpaired) electrons. The van der Waals surface area contributed by atoms with Crippen LogP contribution in [0.2, 0.25) is 0 Å². The predicted octanol–water partition coefficient (Wildman–Crippen LogP) is 5.37. The monoisotopic (exact) mass is 381 g/mol. The van der Waals surface area contributed by atoms with E-state index in [0.29, 0.717) is 12.1 Å². The molecule has 0 aliphatic heterocycles. The highest BCUT2D eigenvalue weighted by Gasteiger charge is 2.34. The number of halogens is 5. The molecule has 0 aliphatic carbocycles. The second-order valence-electron chi connectivity index (χ2n) is 4.41. The summed E-state index contributed by atoms with van der Waals surface area (Å²) < 4.78 is 52.4. The molecule has 21 heavy (non-hydrogen) atoms. The van der Waals surface area contributed by atoms with E-state index in [9.17, 15) is 17.6 Å². The van der Waals surface area contributed by atoms with Crippen molar-refractivity contribution in [2.45, 2.75) is 19.1 Å². The molecule has 0 fully saturated rings. The van der Waals surface area contributed by atoms with Crippen LogP contribution in [0.4, 0.5) is 17.6 Å². The highest BCUT2D eigenvalue weighted by molar-refractivity contribution is 9.11. The Labute approximate surface area is 132 Å². The molecule has 0 spiro atoms. The smallest absolute Gasteiger partial charge is 0.307 e. The molecule has 7 heteroatoms. The molecule has 1 unspecified atom stereocenters. The molecular weight excluding hydrogens is 370 g/mol. The Balaban J connectivity index is 2.40. The van der Waals surface area contributed by atoms with Crippen molar-refractivity contribution < 1.29 is 17.6 Å². The Hall–Kier alpha value is -0.920. The van der Waals surface area contributed by atoms with E-state index < -0.39 is 17.6 Å². The summed E-state index contributed by atoms with van der Waals surface area (Å²) in [6.07, 6.45) is -4.68. The van der Waals surface area contributed by atoms with Gasteiger partial charge in [-0.25, -0.2) is 4.39 Å². The minimum Gasteiger partial charge on any atom is -0.307 e. The molecule has 0 saturated heterocycles. The van der Waals surface area contributed by atoms with Crippen molar-refractivity contribution in [1.82, 2.24) is 5.32 Å². The first kappa shape index (κ1) is 16.5. The largest absolute Gasteiger partial charge is 0.419 e. The average molecular weight is 382 g/mol. The first-order valence-corrected chi connectivity index (χ1v) is 7.84. The van der Waals surface area contributed by atoms with E-state index in [1.54, 1.807) is 0 Å². The van der Waals surface area contributed by atoms with Crippen LogP contribution in [0.3, 0.4) is 0 Å². The summed E-state index contributed by atoms with van der Waals surface area (Å²) in [4.78, 5) is 0. The van der Waals surface area contributed by atoms with Gasteiger partial charge in [-0.15, -0.1) is 11.3 Å². The van der Waals surface area contributed by atoms with Gasteiger partial charge in [0, 0.05) is 0 Å². The van der Waals surface area contributed by atoms with E-state index in [1.165, 1.54) is 17.4 Å². The number of benzene rings is 1. The van der Waals surface area contributed by atoms with Crippen LogP contribution in [-0.2, 0) is 6.18 Å². The molecule has 0 bridgehead atoms. The van der Waals surface area contributed by atoms with Gasteiger partial charge in [-0.2, -0.15) is 13.2 Å². The van der Waals surface area contributed by atoms with Gasteiger partial charge in [0.2, 0.25) is 0 Å². The van der Waals surface area contributed by atoms with E-state index in [4.69, 9.17) is 0 Å². The van der Waals surface area contributed by atoms with Crippen LogP contribution < -0.4 is 5.32 Å². The van der Waals surface area contributed by atoms with Crippen molar-refractivity contribution in [2.75, 3.05) is 6.54 Å². The Kier molecular flexibility index (Phi) is 5.06. The quantitative estimate of drug-likeness (QED) is 0.702. The normalized spacial score (nSPS) is 13.4.